The highest BCUT2D eigenvalue weighted by Crippen LogP contribution is 2.24. The minimum absolute atomic E-state index is 0.139. The van der Waals surface area contributed by atoms with Gasteiger partial charge in [0, 0.05) is 11.1 Å². The van der Waals surface area contributed by atoms with Crippen molar-refractivity contribution >= 4 is 46.5 Å². The lowest BCUT2D eigenvalue weighted by molar-refractivity contribution is 0.102. The number of benzene rings is 1. The Bertz CT molecular complexity index is 974. The molecule has 1 aromatic carbocycles. The van der Waals surface area contributed by atoms with Crippen molar-refractivity contribution in [1.82, 2.24) is 14.8 Å². The van der Waals surface area contributed by atoms with Gasteiger partial charge in [0.15, 0.2) is 11.0 Å². The van der Waals surface area contributed by atoms with Crippen LogP contribution in [0.3, 0.4) is 0 Å². The third-order valence-corrected chi connectivity index (χ3v) is 4.05. The fourth-order valence-corrected chi connectivity index (χ4v) is 2.77. The molecule has 1 N–H and O–H groups in total. The number of anilines is 1. The molecule has 3 rings (SSSR count). The zero-order chi connectivity index (χ0) is 18.1. The van der Waals surface area contributed by atoms with Crippen LogP contribution in [0.5, 0.6) is 0 Å². The Balaban J connectivity index is 1.96. The molecule has 0 bridgehead atoms. The summed E-state index contributed by atoms with van der Waals surface area (Å²) in [6.45, 7) is 1.77. The van der Waals surface area contributed by atoms with Crippen LogP contribution in [0.2, 0.25) is 15.3 Å². The van der Waals surface area contributed by atoms with Gasteiger partial charge in [-0.2, -0.15) is 5.10 Å². The smallest absolute Gasteiger partial charge is 0.260 e. The van der Waals surface area contributed by atoms with E-state index in [2.05, 4.69) is 15.4 Å². The molecule has 0 spiro atoms. The number of aromatic nitrogens is 3. The molecule has 0 saturated heterocycles. The van der Waals surface area contributed by atoms with Crippen molar-refractivity contribution in [3.8, 4) is 5.69 Å². The third kappa shape index (κ3) is 3.76. The summed E-state index contributed by atoms with van der Waals surface area (Å²) in [7, 11) is 0. The monoisotopic (exact) mass is 398 g/mol. The second kappa shape index (κ2) is 7.00. The van der Waals surface area contributed by atoms with Crippen LogP contribution in [-0.4, -0.2) is 20.7 Å². The molecule has 2 heterocycles. The van der Waals surface area contributed by atoms with Crippen molar-refractivity contribution in [2.24, 2.45) is 0 Å². The molecule has 25 heavy (non-hydrogen) atoms. The molecule has 0 fully saturated rings. The van der Waals surface area contributed by atoms with E-state index >= 15 is 0 Å². The Kier molecular flexibility index (Phi) is 4.94. The van der Waals surface area contributed by atoms with Crippen LogP contribution >= 0.6 is 34.8 Å². The summed E-state index contributed by atoms with van der Waals surface area (Å²) in [5.74, 6) is -1.11. The average molecular weight is 400 g/mol. The second-order valence-corrected chi connectivity index (χ2v) is 6.27. The summed E-state index contributed by atoms with van der Waals surface area (Å²) in [5.41, 5.74) is 1.18. The maximum atomic E-state index is 13.6. The number of pyridine rings is 1. The van der Waals surface area contributed by atoms with E-state index in [1.165, 1.54) is 4.68 Å². The Morgan fingerprint density at radius 3 is 2.64 bits per heavy atom. The minimum atomic E-state index is -0.837. The number of rotatable bonds is 3. The number of carbonyl (C=O) groups excluding carboxylic acids is 1. The van der Waals surface area contributed by atoms with Gasteiger partial charge in [0.2, 0.25) is 0 Å². The van der Waals surface area contributed by atoms with Gasteiger partial charge in [0.1, 0.15) is 11.0 Å². The van der Waals surface area contributed by atoms with E-state index in [1.807, 2.05) is 0 Å². The predicted octanol–water partition coefficient (Wildman–Crippen LogP) is 4.93. The fraction of sp³-hybridized carbons (Fsp3) is 0.0625. The van der Waals surface area contributed by atoms with Gasteiger partial charge in [-0.25, -0.2) is 14.1 Å². The molecule has 0 unspecified atom stereocenters. The predicted molar refractivity (Wildman–Crippen MR) is 95.5 cm³/mol. The lowest BCUT2D eigenvalue weighted by Gasteiger charge is -2.10. The molecule has 128 valence electrons. The number of nitrogens with one attached hydrogen (secondary N) is 1. The number of amides is 1. The first kappa shape index (κ1) is 17.7. The summed E-state index contributed by atoms with van der Waals surface area (Å²) in [6, 6.07) is 9.55. The lowest BCUT2D eigenvalue weighted by Crippen LogP contribution is -2.16. The number of nitrogens with zero attached hydrogens (tertiary/aromatic N) is 3. The molecule has 1 amide bonds. The third-order valence-electron chi connectivity index (χ3n) is 3.26. The molecule has 3 aromatic rings. The average Bonchev–Trinajstić information content (AvgIpc) is 2.91. The summed E-state index contributed by atoms with van der Waals surface area (Å²) >= 11 is 17.4. The Hall–Kier alpha value is -2.15. The quantitative estimate of drug-likeness (QED) is 0.635. The van der Waals surface area contributed by atoms with Crippen LogP contribution in [0.25, 0.3) is 5.69 Å². The summed E-state index contributed by atoms with van der Waals surface area (Å²) in [5, 5.41) is 6.88. The van der Waals surface area contributed by atoms with Gasteiger partial charge in [-0.1, -0.05) is 40.9 Å². The van der Waals surface area contributed by atoms with Crippen LogP contribution in [0, 0.1) is 12.7 Å². The first-order valence-corrected chi connectivity index (χ1v) is 8.14. The van der Waals surface area contributed by atoms with E-state index in [-0.39, 0.29) is 10.7 Å². The van der Waals surface area contributed by atoms with Crippen molar-refractivity contribution in [2.75, 3.05) is 5.32 Å². The second-order valence-electron chi connectivity index (χ2n) is 5.12. The van der Waals surface area contributed by atoms with Crippen LogP contribution in [0.1, 0.15) is 16.1 Å². The zero-order valence-corrected chi connectivity index (χ0v) is 15.0. The van der Waals surface area contributed by atoms with Crippen LogP contribution in [0.15, 0.2) is 36.4 Å². The number of carbonyl (C=O) groups is 1. The first-order valence-electron chi connectivity index (χ1n) is 7.00. The highest BCUT2D eigenvalue weighted by molar-refractivity contribution is 6.35. The van der Waals surface area contributed by atoms with E-state index in [9.17, 15) is 9.18 Å². The van der Waals surface area contributed by atoms with Crippen molar-refractivity contribution in [1.29, 1.82) is 0 Å². The van der Waals surface area contributed by atoms with E-state index in [1.54, 1.807) is 37.3 Å². The summed E-state index contributed by atoms with van der Waals surface area (Å²) < 4.78 is 15.1. The van der Waals surface area contributed by atoms with Crippen molar-refractivity contribution in [2.45, 2.75) is 6.92 Å². The topological polar surface area (TPSA) is 59.8 Å². The number of hydrogen-bond acceptors (Lipinski definition) is 3. The Morgan fingerprint density at radius 2 is 1.92 bits per heavy atom. The van der Waals surface area contributed by atoms with Crippen LogP contribution in [0.4, 0.5) is 10.2 Å². The molecule has 0 atom stereocenters. The van der Waals surface area contributed by atoms with Gasteiger partial charge in [-0.15, -0.1) is 0 Å². The molecule has 5 nitrogen and oxygen atoms in total. The van der Waals surface area contributed by atoms with Gasteiger partial charge in [-0.05, 0) is 31.2 Å². The van der Waals surface area contributed by atoms with Gasteiger partial charge < -0.3 is 5.32 Å². The van der Waals surface area contributed by atoms with Gasteiger partial charge in [0.25, 0.3) is 5.91 Å². The molecular formula is C16H10Cl3FN4O. The van der Waals surface area contributed by atoms with Gasteiger partial charge in [0.05, 0.1) is 16.9 Å². The van der Waals surface area contributed by atoms with E-state index in [0.717, 1.165) is 6.07 Å². The molecule has 2 aromatic heterocycles. The highest BCUT2D eigenvalue weighted by Gasteiger charge is 2.18. The maximum Gasteiger partial charge on any atom is 0.260 e. The van der Waals surface area contributed by atoms with Crippen molar-refractivity contribution in [3.63, 3.8) is 0 Å². The number of aryl methyl sites for hydroxylation is 1. The standard InChI is InChI=1S/C16H10Cl3FN4O/c1-8-5-13(24(23-8)10-4-2-3-9(17)6-10)21-16(25)11-7-12(20)15(19)22-14(11)18/h2-7H,1H3,(H,21,25). The minimum Gasteiger partial charge on any atom is -0.306 e. The molecule has 0 saturated carbocycles. The Morgan fingerprint density at radius 1 is 1.16 bits per heavy atom. The Labute approximate surface area is 157 Å². The zero-order valence-electron chi connectivity index (χ0n) is 12.7. The summed E-state index contributed by atoms with van der Waals surface area (Å²) in [4.78, 5) is 16.0. The molecular weight excluding hydrogens is 390 g/mol. The van der Waals surface area contributed by atoms with Gasteiger partial charge >= 0.3 is 0 Å². The van der Waals surface area contributed by atoms with Gasteiger partial charge in [-0.3, -0.25) is 4.79 Å². The van der Waals surface area contributed by atoms with E-state index < -0.39 is 16.9 Å². The van der Waals surface area contributed by atoms with E-state index in [4.69, 9.17) is 34.8 Å². The fourth-order valence-electron chi connectivity index (χ4n) is 2.18. The number of hydrogen-bond donors (Lipinski definition) is 1. The lowest BCUT2D eigenvalue weighted by atomic mass is 10.2. The van der Waals surface area contributed by atoms with Crippen molar-refractivity contribution in [3.05, 3.63) is 68.8 Å². The molecule has 0 aliphatic heterocycles. The molecule has 0 aliphatic rings. The first-order chi connectivity index (χ1) is 11.8. The maximum absolute atomic E-state index is 13.6. The number of halogens is 4. The molecule has 0 radical (unpaired) electrons. The molecule has 0 aliphatic carbocycles. The summed E-state index contributed by atoms with van der Waals surface area (Å²) in [6.07, 6.45) is 0. The van der Waals surface area contributed by atoms with Crippen molar-refractivity contribution < 1.29 is 9.18 Å². The SMILES string of the molecule is Cc1cc(NC(=O)c2cc(F)c(Cl)nc2Cl)n(-c2cccc(Cl)c2)n1. The van der Waals surface area contributed by atoms with Crippen LogP contribution in [-0.2, 0) is 0 Å². The molecule has 9 heteroatoms. The highest BCUT2D eigenvalue weighted by atomic mass is 35.5. The normalized spacial score (nSPS) is 10.8. The largest absolute Gasteiger partial charge is 0.306 e. The van der Waals surface area contributed by atoms with E-state index in [0.29, 0.717) is 22.2 Å². The van der Waals surface area contributed by atoms with Crippen LogP contribution < -0.4 is 5.32 Å².